The Balaban J connectivity index is 4.51. The highest BCUT2D eigenvalue weighted by atomic mass is 31.2. The van der Waals surface area contributed by atoms with Crippen LogP contribution in [-0.2, 0) is 18.3 Å². The van der Waals surface area contributed by atoms with Crippen molar-refractivity contribution >= 4 is 13.3 Å². The van der Waals surface area contributed by atoms with E-state index in [9.17, 15) is 9.36 Å². The lowest BCUT2D eigenvalue weighted by molar-refractivity contribution is 0.148. The van der Waals surface area contributed by atoms with Gasteiger partial charge in [-0.1, -0.05) is 0 Å². The number of hydrogen-bond donors (Lipinski definition) is 0. The third kappa shape index (κ3) is 7.35. The molecule has 6 heteroatoms. The molecule has 0 fully saturated rings. The number of ether oxygens (including phenoxy) is 1. The predicted molar refractivity (Wildman–Crippen MR) is 71.2 cm³/mol. The van der Waals surface area contributed by atoms with Gasteiger partial charge in [0.05, 0.1) is 13.2 Å². The zero-order valence-electron chi connectivity index (χ0n) is 10.5. The van der Waals surface area contributed by atoms with E-state index in [4.69, 9.17) is 33.1 Å². The number of carbonyl (C=O) groups is 1. The van der Waals surface area contributed by atoms with E-state index in [1.165, 1.54) is 0 Å². The molecule has 0 aromatic rings. The molecule has 0 aliphatic carbocycles. The van der Waals surface area contributed by atoms with Gasteiger partial charge in [-0.15, -0.1) is 37.0 Å². The fourth-order valence-corrected chi connectivity index (χ4v) is 2.07. The van der Waals surface area contributed by atoms with E-state index < -0.39 is 13.3 Å². The Kier molecular flexibility index (Phi) is 9.33. The number of rotatable bonds is 9. The third-order valence-electron chi connectivity index (χ3n) is 1.71. The number of hydrogen-bond acceptors (Lipinski definition) is 5. The van der Waals surface area contributed by atoms with Crippen molar-refractivity contribution in [1.82, 2.24) is 0 Å². The zero-order chi connectivity index (χ0) is 14.6. The van der Waals surface area contributed by atoms with Crippen molar-refractivity contribution in [1.29, 1.82) is 0 Å². The van der Waals surface area contributed by atoms with E-state index in [1.807, 2.05) is 0 Å². The molecule has 0 atom stereocenters. The first-order chi connectivity index (χ1) is 9.10. The monoisotopic (exact) mass is 282 g/mol. The Hall–Kier alpha value is -1.70. The molecule has 0 radical (unpaired) electrons. The fraction of sp³-hybridized carbons (Fsp3) is 0.462. The van der Waals surface area contributed by atoms with Crippen molar-refractivity contribution in [2.75, 3.05) is 19.8 Å². The van der Waals surface area contributed by atoms with Crippen LogP contribution in [0.5, 0.6) is 0 Å². The maximum absolute atomic E-state index is 12.1. The highest BCUT2D eigenvalue weighted by Crippen LogP contribution is 2.50. The Morgan fingerprint density at radius 3 is 1.74 bits per heavy atom. The molecule has 0 bridgehead atoms. The highest BCUT2D eigenvalue weighted by molar-refractivity contribution is 7.71. The van der Waals surface area contributed by atoms with E-state index in [0.29, 0.717) is 0 Å². The van der Waals surface area contributed by atoms with Gasteiger partial charge in [-0.2, -0.15) is 0 Å². The molecule has 0 aliphatic rings. The van der Waals surface area contributed by atoms with Crippen LogP contribution < -0.4 is 0 Å². The van der Waals surface area contributed by atoms with Crippen molar-refractivity contribution < 1.29 is 23.1 Å². The van der Waals surface area contributed by atoms with Gasteiger partial charge in [0.2, 0.25) is 0 Å². The van der Waals surface area contributed by atoms with E-state index in [1.54, 1.807) is 0 Å². The number of terminal acetylenes is 3. The molecule has 0 unspecified atom stereocenters. The van der Waals surface area contributed by atoms with Crippen LogP contribution in [0.1, 0.15) is 19.3 Å². The average Bonchev–Trinajstić information content (AvgIpc) is 2.39. The second-order valence-corrected chi connectivity index (χ2v) is 5.02. The summed E-state index contributed by atoms with van der Waals surface area (Å²) < 4.78 is 26.7. The minimum atomic E-state index is -4.03. The normalized spacial score (nSPS) is 9.95. The van der Waals surface area contributed by atoms with Crippen LogP contribution in [-0.4, -0.2) is 25.5 Å². The van der Waals surface area contributed by atoms with Crippen LogP contribution in [0, 0.1) is 37.0 Å². The summed E-state index contributed by atoms with van der Waals surface area (Å²) in [6.07, 6.45) is 15.7. The van der Waals surface area contributed by atoms with Gasteiger partial charge < -0.3 is 4.74 Å². The molecular weight excluding hydrogens is 267 g/mol. The summed E-state index contributed by atoms with van der Waals surface area (Å²) in [5.41, 5.74) is -1.09. The second kappa shape index (κ2) is 10.2. The molecule has 0 rings (SSSR count). The van der Waals surface area contributed by atoms with Crippen molar-refractivity contribution in [3.05, 3.63) is 0 Å². The Morgan fingerprint density at radius 2 is 1.32 bits per heavy atom. The summed E-state index contributed by atoms with van der Waals surface area (Å²) in [4.78, 5) is 11.6. The molecule has 0 N–H and O–H groups in total. The second-order valence-electron chi connectivity index (χ2n) is 3.14. The average molecular weight is 282 g/mol. The van der Waals surface area contributed by atoms with Crippen LogP contribution in [0.25, 0.3) is 0 Å². The van der Waals surface area contributed by atoms with Crippen molar-refractivity contribution in [2.45, 2.75) is 19.3 Å². The zero-order valence-corrected chi connectivity index (χ0v) is 11.4. The molecule has 5 nitrogen and oxygen atoms in total. The highest BCUT2D eigenvalue weighted by Gasteiger charge is 2.36. The van der Waals surface area contributed by atoms with Gasteiger partial charge in [-0.05, 0) is 0 Å². The van der Waals surface area contributed by atoms with Gasteiger partial charge in [0.15, 0.2) is 0 Å². The molecule has 0 saturated heterocycles. The molecule has 0 spiro atoms. The van der Waals surface area contributed by atoms with Crippen molar-refractivity contribution in [2.24, 2.45) is 0 Å². The van der Waals surface area contributed by atoms with Gasteiger partial charge in [0.1, 0.15) is 6.61 Å². The van der Waals surface area contributed by atoms with Crippen LogP contribution in [0.15, 0.2) is 0 Å². The van der Waals surface area contributed by atoms with Gasteiger partial charge in [0.25, 0.3) is 0 Å². The molecule has 0 amide bonds. The summed E-state index contributed by atoms with van der Waals surface area (Å²) in [7, 11) is -4.03. The van der Waals surface area contributed by atoms with E-state index in [0.717, 1.165) is 0 Å². The Labute approximate surface area is 113 Å². The summed E-state index contributed by atoms with van der Waals surface area (Å²) in [5, 5.41) is 0. The molecule has 19 heavy (non-hydrogen) atoms. The summed E-state index contributed by atoms with van der Waals surface area (Å²) >= 11 is 0. The first kappa shape index (κ1) is 17.3. The summed E-state index contributed by atoms with van der Waals surface area (Å²) in [5.74, 6) is 6.85. The third-order valence-corrected chi connectivity index (χ3v) is 3.33. The molecule has 102 valence electrons. The summed E-state index contributed by atoms with van der Waals surface area (Å²) in [6.45, 7) is -0.210. The largest absolute Gasteiger partial charge is 0.456 e. The lowest BCUT2D eigenvalue weighted by Crippen LogP contribution is -2.11. The maximum atomic E-state index is 12.1. The van der Waals surface area contributed by atoms with Crippen LogP contribution >= 0.6 is 7.60 Å². The minimum Gasteiger partial charge on any atom is -0.456 e. The van der Waals surface area contributed by atoms with E-state index >= 15 is 0 Å². The first-order valence-corrected chi connectivity index (χ1v) is 7.01. The molecule has 0 heterocycles. The van der Waals surface area contributed by atoms with Crippen LogP contribution in [0.4, 0.5) is 4.79 Å². The summed E-state index contributed by atoms with van der Waals surface area (Å²) in [6, 6.07) is 0. The van der Waals surface area contributed by atoms with Gasteiger partial charge in [0, 0.05) is 19.3 Å². The van der Waals surface area contributed by atoms with Crippen LogP contribution in [0.3, 0.4) is 0 Å². The van der Waals surface area contributed by atoms with Crippen molar-refractivity contribution in [3.8, 4) is 37.0 Å². The minimum absolute atomic E-state index is 0.0592. The topological polar surface area (TPSA) is 61.8 Å². The lowest BCUT2D eigenvalue weighted by Gasteiger charge is -2.15. The predicted octanol–water partition coefficient (Wildman–Crippen LogP) is 2.42. The standard InChI is InChI=1S/C13H15O5P/c1-4-7-10-16-13(14)19(15,17-11-8-5-2)18-12-9-6-3/h1-3H,7-12H2. The first-order valence-electron chi connectivity index (χ1n) is 5.47. The van der Waals surface area contributed by atoms with E-state index in [-0.39, 0.29) is 39.1 Å². The van der Waals surface area contributed by atoms with Crippen LogP contribution in [0.2, 0.25) is 0 Å². The maximum Gasteiger partial charge on any atom is 0.438 e. The lowest BCUT2D eigenvalue weighted by atomic mass is 10.5. The molecule has 0 saturated carbocycles. The molecule has 0 aliphatic heterocycles. The fourth-order valence-electron chi connectivity index (χ4n) is 0.868. The smallest absolute Gasteiger partial charge is 0.438 e. The van der Waals surface area contributed by atoms with Gasteiger partial charge >= 0.3 is 13.3 Å². The SMILES string of the molecule is C#CCCOC(=O)P(=O)(OCCC#C)OCCC#C. The Bertz CT molecular complexity index is 425. The Morgan fingerprint density at radius 1 is 0.895 bits per heavy atom. The van der Waals surface area contributed by atoms with Gasteiger partial charge in [-0.3, -0.25) is 9.05 Å². The van der Waals surface area contributed by atoms with E-state index in [2.05, 4.69) is 17.8 Å². The molecule has 0 aromatic carbocycles. The quantitative estimate of drug-likeness (QED) is 0.369. The van der Waals surface area contributed by atoms with Crippen molar-refractivity contribution in [3.63, 3.8) is 0 Å². The van der Waals surface area contributed by atoms with Gasteiger partial charge in [-0.25, -0.2) is 9.36 Å². The number of carbonyl (C=O) groups excluding carboxylic acids is 1. The molecular formula is C13H15O5P. The molecule has 0 aromatic heterocycles.